The summed E-state index contributed by atoms with van der Waals surface area (Å²) in [5.74, 6) is 0.328. The van der Waals surface area contributed by atoms with Crippen LogP contribution in [0, 0.1) is 11.8 Å². The molecule has 1 saturated heterocycles. The standard InChI is InChI=1S/C16H23NO2/c1-12(2)10-15(18)14-8-9-17(16(14)19)11-13-6-4-3-5-7-13/h3-7,12,14-15,18H,8-11H2,1-2H3/t14-,15?/m1/s1. The lowest BCUT2D eigenvalue weighted by molar-refractivity contribution is -0.134. The van der Waals surface area contributed by atoms with Crippen LogP contribution in [0.25, 0.3) is 0 Å². The Morgan fingerprint density at radius 1 is 1.32 bits per heavy atom. The summed E-state index contributed by atoms with van der Waals surface area (Å²) in [6.07, 6.45) is 0.989. The number of rotatable bonds is 5. The molecule has 1 fully saturated rings. The number of benzene rings is 1. The smallest absolute Gasteiger partial charge is 0.228 e. The highest BCUT2D eigenvalue weighted by atomic mass is 16.3. The van der Waals surface area contributed by atoms with Crippen LogP contribution in [0.5, 0.6) is 0 Å². The highest BCUT2D eigenvalue weighted by Crippen LogP contribution is 2.26. The third-order valence-electron chi connectivity index (χ3n) is 3.73. The number of likely N-dealkylation sites (tertiary alicyclic amines) is 1. The molecule has 1 N–H and O–H groups in total. The molecule has 19 heavy (non-hydrogen) atoms. The Balaban J connectivity index is 1.94. The quantitative estimate of drug-likeness (QED) is 0.884. The summed E-state index contributed by atoms with van der Waals surface area (Å²) in [5, 5.41) is 10.1. The fraction of sp³-hybridized carbons (Fsp3) is 0.562. The number of hydrogen-bond donors (Lipinski definition) is 1. The summed E-state index contributed by atoms with van der Waals surface area (Å²) in [6.45, 7) is 5.56. The van der Waals surface area contributed by atoms with Crippen molar-refractivity contribution < 1.29 is 9.90 Å². The minimum absolute atomic E-state index is 0.108. The van der Waals surface area contributed by atoms with Crippen LogP contribution in [0.4, 0.5) is 0 Å². The number of hydrogen-bond acceptors (Lipinski definition) is 2. The van der Waals surface area contributed by atoms with Crippen molar-refractivity contribution in [1.29, 1.82) is 0 Å². The van der Waals surface area contributed by atoms with Crippen molar-refractivity contribution in [3.63, 3.8) is 0 Å². The van der Waals surface area contributed by atoms with E-state index in [1.807, 2.05) is 35.2 Å². The van der Waals surface area contributed by atoms with Gasteiger partial charge in [0.15, 0.2) is 0 Å². The molecular formula is C16H23NO2. The topological polar surface area (TPSA) is 40.5 Å². The average Bonchev–Trinajstić information content (AvgIpc) is 2.72. The number of nitrogens with zero attached hydrogens (tertiary/aromatic N) is 1. The Morgan fingerprint density at radius 2 is 2.00 bits per heavy atom. The second kappa shape index (κ2) is 6.20. The molecule has 1 amide bonds. The van der Waals surface area contributed by atoms with E-state index in [-0.39, 0.29) is 11.8 Å². The van der Waals surface area contributed by atoms with Crippen LogP contribution in [0.2, 0.25) is 0 Å². The number of carbonyl (C=O) groups is 1. The molecule has 1 aromatic carbocycles. The van der Waals surface area contributed by atoms with Crippen LogP contribution < -0.4 is 0 Å². The van der Waals surface area contributed by atoms with E-state index >= 15 is 0 Å². The fourth-order valence-electron chi connectivity index (χ4n) is 2.73. The van der Waals surface area contributed by atoms with Gasteiger partial charge in [0.05, 0.1) is 12.0 Å². The van der Waals surface area contributed by atoms with Gasteiger partial charge in [0, 0.05) is 13.1 Å². The predicted octanol–water partition coefficient (Wildman–Crippen LogP) is 2.44. The number of amides is 1. The Hall–Kier alpha value is -1.35. The first-order valence-electron chi connectivity index (χ1n) is 7.08. The molecule has 1 aliphatic rings. The van der Waals surface area contributed by atoms with Gasteiger partial charge >= 0.3 is 0 Å². The highest BCUT2D eigenvalue weighted by molar-refractivity contribution is 5.81. The first-order valence-corrected chi connectivity index (χ1v) is 7.08. The number of aliphatic hydroxyl groups excluding tert-OH is 1. The second-order valence-electron chi connectivity index (χ2n) is 5.84. The minimum atomic E-state index is -0.492. The molecule has 3 nitrogen and oxygen atoms in total. The van der Waals surface area contributed by atoms with Crippen LogP contribution >= 0.6 is 0 Å². The van der Waals surface area contributed by atoms with Crippen molar-refractivity contribution in [2.75, 3.05) is 6.54 Å². The summed E-state index contributed by atoms with van der Waals surface area (Å²) in [6, 6.07) is 10.0. The highest BCUT2D eigenvalue weighted by Gasteiger charge is 2.36. The lowest BCUT2D eigenvalue weighted by Gasteiger charge is -2.20. The predicted molar refractivity (Wildman–Crippen MR) is 75.4 cm³/mol. The molecule has 0 saturated carbocycles. The molecule has 2 rings (SSSR count). The Morgan fingerprint density at radius 3 is 2.63 bits per heavy atom. The van der Waals surface area contributed by atoms with Crippen molar-refractivity contribution in [3.8, 4) is 0 Å². The van der Waals surface area contributed by atoms with Gasteiger partial charge in [-0.2, -0.15) is 0 Å². The summed E-state index contributed by atoms with van der Waals surface area (Å²) in [5.41, 5.74) is 1.15. The summed E-state index contributed by atoms with van der Waals surface area (Å²) in [7, 11) is 0. The fourth-order valence-corrected chi connectivity index (χ4v) is 2.73. The largest absolute Gasteiger partial charge is 0.392 e. The molecule has 0 bridgehead atoms. The van der Waals surface area contributed by atoms with E-state index in [1.54, 1.807) is 0 Å². The van der Waals surface area contributed by atoms with Crippen LogP contribution in [0.1, 0.15) is 32.3 Å². The van der Waals surface area contributed by atoms with Gasteiger partial charge < -0.3 is 10.0 Å². The first-order chi connectivity index (χ1) is 9.08. The lowest BCUT2D eigenvalue weighted by atomic mass is 9.93. The molecule has 0 aromatic heterocycles. The maximum Gasteiger partial charge on any atom is 0.228 e. The molecule has 104 valence electrons. The van der Waals surface area contributed by atoms with Gasteiger partial charge in [0.2, 0.25) is 5.91 Å². The maximum absolute atomic E-state index is 12.3. The van der Waals surface area contributed by atoms with Gasteiger partial charge in [0.1, 0.15) is 0 Å². The zero-order valence-corrected chi connectivity index (χ0v) is 11.7. The van der Waals surface area contributed by atoms with E-state index in [2.05, 4.69) is 13.8 Å². The monoisotopic (exact) mass is 261 g/mol. The molecule has 1 aromatic rings. The molecule has 0 aliphatic carbocycles. The third kappa shape index (κ3) is 3.57. The molecule has 2 atom stereocenters. The van der Waals surface area contributed by atoms with Gasteiger partial charge in [-0.3, -0.25) is 4.79 Å². The SMILES string of the molecule is CC(C)CC(O)[C@H]1CCN(Cc2ccccc2)C1=O. The van der Waals surface area contributed by atoms with Gasteiger partial charge in [-0.15, -0.1) is 0 Å². The molecule has 0 radical (unpaired) electrons. The van der Waals surface area contributed by atoms with Crippen molar-refractivity contribution in [1.82, 2.24) is 4.90 Å². The third-order valence-corrected chi connectivity index (χ3v) is 3.73. The van der Waals surface area contributed by atoms with E-state index in [0.29, 0.717) is 18.9 Å². The number of aliphatic hydroxyl groups is 1. The van der Waals surface area contributed by atoms with Crippen molar-refractivity contribution >= 4 is 5.91 Å². The zero-order chi connectivity index (χ0) is 13.8. The maximum atomic E-state index is 12.3. The summed E-state index contributed by atoms with van der Waals surface area (Å²) in [4.78, 5) is 14.2. The van der Waals surface area contributed by atoms with E-state index in [0.717, 1.165) is 18.5 Å². The van der Waals surface area contributed by atoms with Crippen LogP contribution in [0.15, 0.2) is 30.3 Å². The normalized spacial score (nSPS) is 21.2. The van der Waals surface area contributed by atoms with Crippen molar-refractivity contribution in [3.05, 3.63) is 35.9 Å². The lowest BCUT2D eigenvalue weighted by Crippen LogP contribution is -2.32. The number of carbonyl (C=O) groups excluding carboxylic acids is 1. The van der Waals surface area contributed by atoms with E-state index < -0.39 is 6.10 Å². The van der Waals surface area contributed by atoms with E-state index in [4.69, 9.17) is 0 Å². The Labute approximate surface area is 115 Å². The summed E-state index contributed by atoms with van der Waals surface area (Å²) >= 11 is 0. The van der Waals surface area contributed by atoms with Crippen LogP contribution in [-0.2, 0) is 11.3 Å². The molecular weight excluding hydrogens is 238 g/mol. The van der Waals surface area contributed by atoms with Gasteiger partial charge in [-0.1, -0.05) is 44.2 Å². The Kier molecular flexibility index (Phi) is 4.59. The van der Waals surface area contributed by atoms with Crippen LogP contribution in [-0.4, -0.2) is 28.6 Å². The summed E-state index contributed by atoms with van der Waals surface area (Å²) < 4.78 is 0. The minimum Gasteiger partial charge on any atom is -0.392 e. The van der Waals surface area contributed by atoms with Gasteiger partial charge in [-0.25, -0.2) is 0 Å². The molecule has 1 heterocycles. The molecule has 0 spiro atoms. The van der Waals surface area contributed by atoms with E-state index in [1.165, 1.54) is 0 Å². The molecule has 1 aliphatic heterocycles. The molecule has 1 unspecified atom stereocenters. The zero-order valence-electron chi connectivity index (χ0n) is 11.7. The molecule has 3 heteroatoms. The van der Waals surface area contributed by atoms with Crippen LogP contribution in [0.3, 0.4) is 0 Å². The second-order valence-corrected chi connectivity index (χ2v) is 5.84. The first kappa shape index (κ1) is 14.1. The Bertz CT molecular complexity index is 416. The van der Waals surface area contributed by atoms with E-state index in [9.17, 15) is 9.90 Å². The van der Waals surface area contributed by atoms with Crippen molar-refractivity contribution in [2.45, 2.75) is 39.3 Å². The van der Waals surface area contributed by atoms with Gasteiger partial charge in [-0.05, 0) is 24.3 Å². The van der Waals surface area contributed by atoms with Crippen molar-refractivity contribution in [2.24, 2.45) is 11.8 Å². The van der Waals surface area contributed by atoms with Gasteiger partial charge in [0.25, 0.3) is 0 Å². The average molecular weight is 261 g/mol.